The van der Waals surface area contributed by atoms with Crippen LogP contribution in [0, 0.1) is 5.92 Å². The summed E-state index contributed by atoms with van der Waals surface area (Å²) >= 11 is 8.06. The van der Waals surface area contributed by atoms with Crippen molar-refractivity contribution in [1.29, 1.82) is 0 Å². The van der Waals surface area contributed by atoms with E-state index in [0.717, 1.165) is 31.9 Å². The van der Waals surface area contributed by atoms with Crippen LogP contribution in [-0.4, -0.2) is 43.5 Å². The van der Waals surface area contributed by atoms with E-state index in [9.17, 15) is 4.79 Å². The second kappa shape index (κ2) is 9.06. The number of benzene rings is 1. The fraction of sp³-hybridized carbons (Fsp3) is 0.364. The molecule has 1 aromatic carbocycles. The summed E-state index contributed by atoms with van der Waals surface area (Å²) in [4.78, 5) is 19.8. The molecule has 3 aromatic heterocycles. The number of ketones is 1. The van der Waals surface area contributed by atoms with Crippen LogP contribution in [0.1, 0.15) is 34.6 Å². The van der Waals surface area contributed by atoms with E-state index in [0.29, 0.717) is 29.0 Å². The van der Waals surface area contributed by atoms with Crippen molar-refractivity contribution < 1.29 is 9.53 Å². The minimum atomic E-state index is 0.0591. The Balaban J connectivity index is 1.52. The summed E-state index contributed by atoms with van der Waals surface area (Å²) in [5, 5.41) is 11.6. The second-order valence-corrected chi connectivity index (χ2v) is 11.7. The number of hydrogen-bond donors (Lipinski definition) is 0. The molecule has 166 valence electrons. The Morgan fingerprint density at radius 2 is 2.06 bits per heavy atom. The van der Waals surface area contributed by atoms with Crippen molar-refractivity contribution >= 4 is 72.4 Å². The van der Waals surface area contributed by atoms with Gasteiger partial charge in [-0.2, -0.15) is 0 Å². The zero-order chi connectivity index (χ0) is 22.4. The van der Waals surface area contributed by atoms with E-state index in [1.54, 1.807) is 23.1 Å². The third-order valence-electron chi connectivity index (χ3n) is 5.58. The fourth-order valence-corrected chi connectivity index (χ4v) is 6.69. The van der Waals surface area contributed by atoms with Crippen molar-refractivity contribution in [3.05, 3.63) is 44.7 Å². The highest BCUT2D eigenvalue weighted by molar-refractivity contribution is 9.10. The highest BCUT2D eigenvalue weighted by atomic mass is 79.9. The topological polar surface area (TPSA) is 69.4 Å². The molecule has 32 heavy (non-hydrogen) atoms. The normalized spacial score (nSPS) is 16.2. The Hall–Kier alpha value is -1.46. The maximum absolute atomic E-state index is 12.7. The zero-order valence-electron chi connectivity index (χ0n) is 17.8. The maximum Gasteiger partial charge on any atom is 0.198 e. The molecule has 0 saturated carbocycles. The minimum absolute atomic E-state index is 0.0591. The lowest BCUT2D eigenvalue weighted by molar-refractivity contribution is 0.00203. The van der Waals surface area contributed by atoms with Gasteiger partial charge in [0.15, 0.2) is 21.7 Å². The van der Waals surface area contributed by atoms with E-state index in [1.165, 1.54) is 22.2 Å². The van der Waals surface area contributed by atoms with E-state index in [1.807, 2.05) is 34.9 Å². The molecule has 4 heterocycles. The summed E-state index contributed by atoms with van der Waals surface area (Å²) in [5.74, 6) is 0.796. The molecule has 0 aliphatic carbocycles. The predicted molar refractivity (Wildman–Crippen MR) is 134 cm³/mol. The Morgan fingerprint density at radius 1 is 1.28 bits per heavy atom. The standard InChI is InChI=1S/C22H21BrN4O2S3/c1-11(2)16-8-14-17(9-29-16)32-20-18(14)19-25-26-22(27(19)21(24-20)30-3)31-10-15(28)12-4-6-13(23)7-5-12/h4-7,11,16H,8-10H2,1-3H3. The molecule has 1 unspecified atom stereocenters. The minimum Gasteiger partial charge on any atom is -0.372 e. The maximum atomic E-state index is 12.7. The predicted octanol–water partition coefficient (Wildman–Crippen LogP) is 5.90. The van der Waals surface area contributed by atoms with Crippen LogP contribution in [0.4, 0.5) is 0 Å². The number of fused-ring (bicyclic) bond motifs is 5. The van der Waals surface area contributed by atoms with E-state index < -0.39 is 0 Å². The number of rotatable bonds is 6. The summed E-state index contributed by atoms with van der Waals surface area (Å²) in [6.45, 7) is 5.01. The number of thioether (sulfide) groups is 2. The monoisotopic (exact) mass is 548 g/mol. The third-order valence-corrected chi connectivity index (χ3v) is 8.77. The van der Waals surface area contributed by atoms with Gasteiger partial charge in [0.25, 0.3) is 0 Å². The van der Waals surface area contributed by atoms with Gasteiger partial charge in [-0.25, -0.2) is 9.38 Å². The molecule has 0 fully saturated rings. The quantitative estimate of drug-likeness (QED) is 0.169. The van der Waals surface area contributed by atoms with Crippen LogP contribution in [-0.2, 0) is 17.8 Å². The molecule has 10 heteroatoms. The van der Waals surface area contributed by atoms with Crippen LogP contribution in [0.3, 0.4) is 0 Å². The number of hydrogen-bond acceptors (Lipinski definition) is 8. The SMILES string of the molecule is CSc1nc2sc3c(c2c2nnc(SCC(=O)c4ccc(Br)cc4)n12)CC(C(C)C)OC3. The van der Waals surface area contributed by atoms with Crippen molar-refractivity contribution in [3.8, 4) is 0 Å². The fourth-order valence-electron chi connectivity index (χ4n) is 3.83. The number of carbonyl (C=O) groups excluding carboxylic acids is 1. The lowest BCUT2D eigenvalue weighted by atomic mass is 9.96. The molecule has 0 saturated heterocycles. The van der Waals surface area contributed by atoms with Gasteiger partial charge < -0.3 is 4.74 Å². The van der Waals surface area contributed by atoms with Crippen LogP contribution in [0.15, 0.2) is 39.1 Å². The first-order chi connectivity index (χ1) is 15.5. The second-order valence-electron chi connectivity index (χ2n) is 7.94. The van der Waals surface area contributed by atoms with Crippen molar-refractivity contribution in [2.24, 2.45) is 5.92 Å². The summed E-state index contributed by atoms with van der Waals surface area (Å²) in [6.07, 6.45) is 3.06. The molecule has 0 amide bonds. The van der Waals surface area contributed by atoms with E-state index >= 15 is 0 Å². The average Bonchev–Trinajstić information content (AvgIpc) is 3.37. The highest BCUT2D eigenvalue weighted by Crippen LogP contribution is 2.40. The molecule has 0 N–H and O–H groups in total. The molecule has 1 atom stereocenters. The van der Waals surface area contributed by atoms with Gasteiger partial charge in [-0.05, 0) is 29.9 Å². The number of carbonyl (C=O) groups is 1. The van der Waals surface area contributed by atoms with Crippen LogP contribution in [0.5, 0.6) is 0 Å². The van der Waals surface area contributed by atoms with Crippen LogP contribution >= 0.6 is 50.8 Å². The van der Waals surface area contributed by atoms with Crippen molar-refractivity contribution in [2.75, 3.05) is 12.0 Å². The smallest absolute Gasteiger partial charge is 0.198 e. The largest absolute Gasteiger partial charge is 0.372 e. The Kier molecular flexibility index (Phi) is 6.32. The van der Waals surface area contributed by atoms with Gasteiger partial charge in [0.05, 0.1) is 23.8 Å². The molecule has 4 aromatic rings. The number of ether oxygens (including phenoxy) is 1. The van der Waals surface area contributed by atoms with Crippen LogP contribution in [0.25, 0.3) is 15.9 Å². The Morgan fingerprint density at radius 3 is 2.78 bits per heavy atom. The molecule has 0 spiro atoms. The first-order valence-electron chi connectivity index (χ1n) is 10.2. The number of Topliss-reactive ketones (excluding diaryl/α,β-unsaturated/α-hetero) is 1. The molecule has 6 nitrogen and oxygen atoms in total. The summed E-state index contributed by atoms with van der Waals surface area (Å²) in [7, 11) is 0. The number of aromatic nitrogens is 4. The highest BCUT2D eigenvalue weighted by Gasteiger charge is 2.29. The van der Waals surface area contributed by atoms with Gasteiger partial charge in [-0.1, -0.05) is 65.4 Å². The summed E-state index contributed by atoms with van der Waals surface area (Å²) in [6, 6.07) is 7.42. The van der Waals surface area contributed by atoms with Crippen LogP contribution < -0.4 is 0 Å². The van der Waals surface area contributed by atoms with Gasteiger partial charge in [0.2, 0.25) is 0 Å². The van der Waals surface area contributed by atoms with E-state index in [4.69, 9.17) is 9.72 Å². The molecular weight excluding hydrogens is 528 g/mol. The van der Waals surface area contributed by atoms with Gasteiger partial charge in [-0.3, -0.25) is 4.79 Å². The number of nitrogens with zero attached hydrogens (tertiary/aromatic N) is 4. The number of thiophene rings is 1. The zero-order valence-corrected chi connectivity index (χ0v) is 21.8. The Bertz CT molecular complexity index is 1320. The van der Waals surface area contributed by atoms with E-state index in [2.05, 4.69) is 40.0 Å². The lowest BCUT2D eigenvalue weighted by Gasteiger charge is -2.26. The van der Waals surface area contributed by atoms with Crippen molar-refractivity contribution in [1.82, 2.24) is 19.6 Å². The average molecular weight is 550 g/mol. The lowest BCUT2D eigenvalue weighted by Crippen LogP contribution is -2.26. The Labute approximate surface area is 206 Å². The third kappa shape index (κ3) is 4.00. The van der Waals surface area contributed by atoms with Crippen LogP contribution in [0.2, 0.25) is 0 Å². The summed E-state index contributed by atoms with van der Waals surface area (Å²) < 4.78 is 9.03. The first-order valence-corrected chi connectivity index (χ1v) is 14.0. The molecule has 5 rings (SSSR count). The van der Waals surface area contributed by atoms with Gasteiger partial charge in [0, 0.05) is 21.3 Å². The molecule has 1 aliphatic heterocycles. The molecule has 0 radical (unpaired) electrons. The van der Waals surface area contributed by atoms with E-state index in [-0.39, 0.29) is 11.9 Å². The molecule has 1 aliphatic rings. The van der Waals surface area contributed by atoms with Gasteiger partial charge in [0.1, 0.15) is 4.83 Å². The van der Waals surface area contributed by atoms with Gasteiger partial charge >= 0.3 is 0 Å². The molecule has 0 bridgehead atoms. The van der Waals surface area contributed by atoms with Crippen molar-refractivity contribution in [2.45, 2.75) is 43.3 Å². The van der Waals surface area contributed by atoms with Crippen molar-refractivity contribution in [3.63, 3.8) is 0 Å². The van der Waals surface area contributed by atoms with Gasteiger partial charge in [-0.15, -0.1) is 21.5 Å². The number of halogens is 1. The molecular formula is C22H21BrN4O2S3. The summed E-state index contributed by atoms with van der Waals surface area (Å²) in [5.41, 5.74) is 2.79. The first kappa shape index (κ1) is 22.3.